The molecular formula is C13H19NO5. The van der Waals surface area contributed by atoms with Crippen LogP contribution < -0.4 is 0 Å². The van der Waals surface area contributed by atoms with Gasteiger partial charge in [0.1, 0.15) is 11.9 Å². The molecular weight excluding hydrogens is 250 g/mol. The Bertz CT molecular complexity index is 408. The van der Waals surface area contributed by atoms with E-state index in [1.165, 1.54) is 18.2 Å². The van der Waals surface area contributed by atoms with Crippen LogP contribution in [-0.4, -0.2) is 42.5 Å². The molecule has 0 bridgehead atoms. The van der Waals surface area contributed by atoms with Crippen LogP contribution in [0.2, 0.25) is 0 Å². The van der Waals surface area contributed by atoms with Gasteiger partial charge in [0.05, 0.1) is 13.0 Å². The minimum Gasteiger partial charge on any atom is -0.469 e. The number of carbonyl (C=O) groups excluding carboxylic acids is 3. The predicted octanol–water partition coefficient (Wildman–Crippen LogP) is 1.50. The summed E-state index contributed by atoms with van der Waals surface area (Å²) in [5.41, 5.74) is -0.380. The quantitative estimate of drug-likeness (QED) is 0.561. The molecule has 0 aliphatic carbocycles. The van der Waals surface area contributed by atoms with Crippen LogP contribution in [-0.2, 0) is 19.1 Å². The summed E-state index contributed by atoms with van der Waals surface area (Å²) in [5, 5.41) is 0. The summed E-state index contributed by atoms with van der Waals surface area (Å²) in [6.45, 7) is 5.59. The maximum Gasteiger partial charge on any atom is 0.414 e. The average Bonchev–Trinajstić information content (AvgIpc) is 2.35. The van der Waals surface area contributed by atoms with Gasteiger partial charge in [-0.3, -0.25) is 14.5 Å². The summed E-state index contributed by atoms with van der Waals surface area (Å²) in [4.78, 5) is 35.6. The lowest BCUT2D eigenvalue weighted by atomic mass is 9.94. The first-order valence-electron chi connectivity index (χ1n) is 6.03. The Morgan fingerprint density at radius 3 is 2.53 bits per heavy atom. The number of esters is 1. The first-order chi connectivity index (χ1) is 8.78. The van der Waals surface area contributed by atoms with Gasteiger partial charge in [0.15, 0.2) is 0 Å². The van der Waals surface area contributed by atoms with Crippen molar-refractivity contribution in [1.82, 2.24) is 4.90 Å². The van der Waals surface area contributed by atoms with Crippen molar-refractivity contribution in [3.8, 4) is 0 Å². The maximum atomic E-state index is 11.8. The first-order valence-corrected chi connectivity index (χ1v) is 6.03. The fourth-order valence-electron chi connectivity index (χ4n) is 1.74. The summed E-state index contributed by atoms with van der Waals surface area (Å²) in [5.74, 6) is -1.08. The summed E-state index contributed by atoms with van der Waals surface area (Å²) >= 11 is 0. The van der Waals surface area contributed by atoms with Gasteiger partial charge in [-0.25, -0.2) is 4.79 Å². The zero-order chi connectivity index (χ0) is 14.6. The molecule has 106 valence electrons. The standard InChI is InChI=1S/C13H19NO5/c1-13(2,3)19-12(17)14-6-5-10(11(16)18-4)9(7-14)8-15/h7-8,10H,5-6H2,1-4H3. The van der Waals surface area contributed by atoms with E-state index in [9.17, 15) is 14.4 Å². The molecule has 0 aromatic heterocycles. The Balaban J connectivity index is 2.83. The van der Waals surface area contributed by atoms with Crippen LogP contribution in [0.1, 0.15) is 27.2 Å². The molecule has 0 spiro atoms. The maximum absolute atomic E-state index is 11.8. The molecule has 0 aromatic carbocycles. The van der Waals surface area contributed by atoms with E-state index in [0.29, 0.717) is 19.3 Å². The number of rotatable bonds is 2. The monoisotopic (exact) mass is 269 g/mol. The molecule has 6 nitrogen and oxygen atoms in total. The fraction of sp³-hybridized carbons (Fsp3) is 0.615. The highest BCUT2D eigenvalue weighted by atomic mass is 16.6. The van der Waals surface area contributed by atoms with Crippen LogP contribution in [0.3, 0.4) is 0 Å². The number of hydrogen-bond donors (Lipinski definition) is 0. The van der Waals surface area contributed by atoms with E-state index in [2.05, 4.69) is 4.74 Å². The van der Waals surface area contributed by atoms with E-state index in [0.717, 1.165) is 0 Å². The molecule has 1 rings (SSSR count). The SMILES string of the molecule is COC(=O)C1CCN(C(=O)OC(C)(C)C)C=C1C=O. The van der Waals surface area contributed by atoms with Crippen molar-refractivity contribution in [2.24, 2.45) is 5.92 Å². The van der Waals surface area contributed by atoms with Gasteiger partial charge in [-0.05, 0) is 27.2 Å². The number of aldehydes is 1. The summed E-state index contributed by atoms with van der Waals surface area (Å²) in [6.07, 6.45) is 1.73. The lowest BCUT2D eigenvalue weighted by molar-refractivity contribution is -0.145. The Morgan fingerprint density at radius 2 is 2.05 bits per heavy atom. The second-order valence-electron chi connectivity index (χ2n) is 5.29. The van der Waals surface area contributed by atoms with Gasteiger partial charge in [0, 0.05) is 18.3 Å². The Labute approximate surface area is 112 Å². The van der Waals surface area contributed by atoms with Gasteiger partial charge >= 0.3 is 12.1 Å². The Morgan fingerprint density at radius 1 is 1.42 bits per heavy atom. The van der Waals surface area contributed by atoms with Crippen LogP contribution in [0.25, 0.3) is 0 Å². The molecule has 0 N–H and O–H groups in total. The van der Waals surface area contributed by atoms with Crippen molar-refractivity contribution in [3.05, 3.63) is 11.8 Å². The van der Waals surface area contributed by atoms with E-state index in [4.69, 9.17) is 4.74 Å². The third kappa shape index (κ3) is 4.08. The van der Waals surface area contributed by atoms with Crippen LogP contribution in [0.15, 0.2) is 11.8 Å². The van der Waals surface area contributed by atoms with E-state index in [-0.39, 0.29) is 5.57 Å². The molecule has 1 heterocycles. The third-order valence-corrected chi connectivity index (χ3v) is 2.62. The molecule has 1 unspecified atom stereocenters. The molecule has 0 saturated heterocycles. The van der Waals surface area contributed by atoms with Gasteiger partial charge < -0.3 is 9.47 Å². The molecule has 0 aromatic rings. The van der Waals surface area contributed by atoms with Crippen molar-refractivity contribution in [2.45, 2.75) is 32.8 Å². The third-order valence-electron chi connectivity index (χ3n) is 2.62. The number of carbonyl (C=O) groups is 3. The highest BCUT2D eigenvalue weighted by molar-refractivity contribution is 5.88. The van der Waals surface area contributed by atoms with Crippen LogP contribution in [0.5, 0.6) is 0 Å². The lowest BCUT2D eigenvalue weighted by Gasteiger charge is -2.30. The summed E-state index contributed by atoms with van der Waals surface area (Å²) in [7, 11) is 1.27. The predicted molar refractivity (Wildman–Crippen MR) is 67.2 cm³/mol. The van der Waals surface area contributed by atoms with Gasteiger partial charge in [-0.15, -0.1) is 0 Å². The largest absolute Gasteiger partial charge is 0.469 e. The lowest BCUT2D eigenvalue weighted by Crippen LogP contribution is -2.39. The topological polar surface area (TPSA) is 72.9 Å². The van der Waals surface area contributed by atoms with E-state index >= 15 is 0 Å². The molecule has 0 fully saturated rings. The summed E-state index contributed by atoms with van der Waals surface area (Å²) in [6, 6.07) is 0. The molecule has 19 heavy (non-hydrogen) atoms. The van der Waals surface area contributed by atoms with Gasteiger partial charge in [0.25, 0.3) is 0 Å². The number of ether oxygens (including phenoxy) is 2. The smallest absolute Gasteiger partial charge is 0.414 e. The Hall–Kier alpha value is -1.85. The van der Waals surface area contributed by atoms with Crippen molar-refractivity contribution < 1.29 is 23.9 Å². The molecule has 0 saturated carbocycles. The average molecular weight is 269 g/mol. The molecule has 0 radical (unpaired) electrons. The van der Waals surface area contributed by atoms with Crippen molar-refractivity contribution in [3.63, 3.8) is 0 Å². The molecule has 1 aliphatic rings. The highest BCUT2D eigenvalue weighted by Crippen LogP contribution is 2.23. The number of hydrogen-bond acceptors (Lipinski definition) is 5. The van der Waals surface area contributed by atoms with Crippen molar-refractivity contribution in [2.75, 3.05) is 13.7 Å². The number of amides is 1. The molecule has 1 amide bonds. The fourth-order valence-corrected chi connectivity index (χ4v) is 1.74. The number of methoxy groups -OCH3 is 1. The zero-order valence-electron chi connectivity index (χ0n) is 11.6. The van der Waals surface area contributed by atoms with Gasteiger partial charge in [-0.2, -0.15) is 0 Å². The van der Waals surface area contributed by atoms with E-state index in [1.54, 1.807) is 20.8 Å². The minimum atomic E-state index is -0.610. The summed E-state index contributed by atoms with van der Waals surface area (Å²) < 4.78 is 9.83. The Kier molecular flexibility index (Phi) is 4.69. The van der Waals surface area contributed by atoms with Crippen LogP contribution in [0, 0.1) is 5.92 Å². The van der Waals surface area contributed by atoms with Crippen molar-refractivity contribution in [1.29, 1.82) is 0 Å². The second-order valence-corrected chi connectivity index (χ2v) is 5.29. The number of nitrogens with zero attached hydrogens (tertiary/aromatic N) is 1. The molecule has 1 aliphatic heterocycles. The van der Waals surface area contributed by atoms with E-state index < -0.39 is 23.6 Å². The molecule has 1 atom stereocenters. The normalized spacial score (nSPS) is 19.5. The minimum absolute atomic E-state index is 0.226. The van der Waals surface area contributed by atoms with Crippen LogP contribution >= 0.6 is 0 Å². The zero-order valence-corrected chi connectivity index (χ0v) is 11.6. The van der Waals surface area contributed by atoms with E-state index in [1.807, 2.05) is 0 Å². The first kappa shape index (κ1) is 15.2. The highest BCUT2D eigenvalue weighted by Gasteiger charge is 2.31. The van der Waals surface area contributed by atoms with Crippen molar-refractivity contribution >= 4 is 18.3 Å². The van der Waals surface area contributed by atoms with Crippen LogP contribution in [0.4, 0.5) is 4.79 Å². The van der Waals surface area contributed by atoms with Gasteiger partial charge in [0.2, 0.25) is 0 Å². The van der Waals surface area contributed by atoms with Gasteiger partial charge in [-0.1, -0.05) is 0 Å². The molecule has 6 heteroatoms. The second kappa shape index (κ2) is 5.86.